The van der Waals surface area contributed by atoms with Crippen LogP contribution < -0.4 is 4.74 Å². The van der Waals surface area contributed by atoms with Gasteiger partial charge in [-0.25, -0.2) is 0 Å². The van der Waals surface area contributed by atoms with Gasteiger partial charge in [-0.3, -0.25) is 0 Å². The van der Waals surface area contributed by atoms with E-state index in [-0.39, 0.29) is 0 Å². The van der Waals surface area contributed by atoms with Gasteiger partial charge < -0.3 is 18.4 Å². The molecule has 270 valence electrons. The molecule has 0 amide bonds. The number of benzene rings is 9. The average Bonchev–Trinajstić information content (AvgIpc) is 3.93. The van der Waals surface area contributed by atoms with Crippen molar-refractivity contribution in [1.29, 1.82) is 0 Å². The van der Waals surface area contributed by atoms with Crippen LogP contribution in [-0.2, 0) is 0 Å². The zero-order valence-electron chi connectivity index (χ0n) is 31.3. The lowest BCUT2D eigenvalue weighted by Gasteiger charge is -2.21. The normalized spacial score (nSPS) is 12.3. The Kier molecular flexibility index (Phi) is 6.41. The minimum absolute atomic E-state index is 0.869. The van der Waals surface area contributed by atoms with Crippen LogP contribution in [0, 0.1) is 0 Å². The van der Waals surface area contributed by atoms with Gasteiger partial charge in [-0.1, -0.05) is 115 Å². The molecule has 0 atom stereocenters. The molecule has 13 rings (SSSR count). The first kappa shape index (κ1) is 31.4. The zero-order valence-corrected chi connectivity index (χ0v) is 31.3. The van der Waals surface area contributed by atoms with Gasteiger partial charge >= 0.3 is 0 Å². The molecule has 0 radical (unpaired) electrons. The van der Waals surface area contributed by atoms with E-state index in [1.165, 1.54) is 71.0 Å². The molecule has 0 saturated heterocycles. The fraction of sp³-hybridized carbons (Fsp3) is 0. The Labute approximate surface area is 333 Å². The Bertz CT molecular complexity index is 3590. The molecule has 1 aliphatic heterocycles. The zero-order chi connectivity index (χ0) is 37.9. The number of ether oxygens (including phenoxy) is 1. The van der Waals surface area contributed by atoms with Crippen molar-refractivity contribution in [1.82, 2.24) is 13.7 Å². The number of fused-ring (bicyclic) bond motifs is 11. The Hall–Kier alpha value is -7.82. The summed E-state index contributed by atoms with van der Waals surface area (Å²) >= 11 is 0. The van der Waals surface area contributed by atoms with Crippen LogP contribution in [0.5, 0.6) is 11.5 Å². The molecule has 0 unspecified atom stereocenters. The summed E-state index contributed by atoms with van der Waals surface area (Å²) in [5.41, 5.74) is 15.1. The molecule has 0 bridgehead atoms. The summed E-state index contributed by atoms with van der Waals surface area (Å²) in [5.74, 6) is 1.75. The van der Waals surface area contributed by atoms with Gasteiger partial charge in [0, 0.05) is 43.7 Å². The van der Waals surface area contributed by atoms with Crippen molar-refractivity contribution < 1.29 is 4.74 Å². The van der Waals surface area contributed by atoms with Crippen LogP contribution in [0.4, 0.5) is 0 Å². The van der Waals surface area contributed by atoms with Crippen molar-refractivity contribution in [2.24, 2.45) is 0 Å². The maximum absolute atomic E-state index is 6.62. The number of para-hydroxylation sites is 5. The fourth-order valence-corrected chi connectivity index (χ4v) is 9.64. The highest BCUT2D eigenvalue weighted by Gasteiger charge is 2.25. The van der Waals surface area contributed by atoms with Gasteiger partial charge in [0.15, 0.2) is 11.5 Å². The van der Waals surface area contributed by atoms with Gasteiger partial charge in [-0.05, 0) is 107 Å². The molecular formula is C54H33N3O. The number of aromatic nitrogens is 3. The van der Waals surface area contributed by atoms with Gasteiger partial charge in [0.2, 0.25) is 0 Å². The lowest BCUT2D eigenvalue weighted by Crippen LogP contribution is -2.04. The minimum Gasteiger partial charge on any atom is -0.453 e. The van der Waals surface area contributed by atoms with E-state index in [4.69, 9.17) is 4.74 Å². The lowest BCUT2D eigenvalue weighted by molar-refractivity contribution is 0.476. The molecule has 0 aliphatic carbocycles. The van der Waals surface area contributed by atoms with Gasteiger partial charge in [0.1, 0.15) is 0 Å². The van der Waals surface area contributed by atoms with E-state index in [1.54, 1.807) is 0 Å². The molecule has 0 fully saturated rings. The number of hydrogen-bond acceptors (Lipinski definition) is 1. The maximum atomic E-state index is 6.62. The van der Waals surface area contributed by atoms with Crippen LogP contribution in [0.1, 0.15) is 0 Å². The van der Waals surface area contributed by atoms with Crippen molar-refractivity contribution in [2.45, 2.75) is 0 Å². The van der Waals surface area contributed by atoms with E-state index in [9.17, 15) is 0 Å². The van der Waals surface area contributed by atoms with Crippen LogP contribution in [0.2, 0.25) is 0 Å². The molecule has 12 aromatic rings. The first-order valence-corrected chi connectivity index (χ1v) is 19.8. The summed E-state index contributed by atoms with van der Waals surface area (Å²) in [6, 6.07) is 72.5. The number of rotatable bonds is 4. The molecule has 0 spiro atoms. The summed E-state index contributed by atoms with van der Waals surface area (Å²) in [6.45, 7) is 0. The lowest BCUT2D eigenvalue weighted by atomic mass is 10.0. The van der Waals surface area contributed by atoms with E-state index in [2.05, 4.69) is 208 Å². The molecular weight excluding hydrogens is 707 g/mol. The van der Waals surface area contributed by atoms with E-state index in [1.807, 2.05) is 6.07 Å². The monoisotopic (exact) mass is 739 g/mol. The van der Waals surface area contributed by atoms with Crippen LogP contribution in [0.3, 0.4) is 0 Å². The summed E-state index contributed by atoms with van der Waals surface area (Å²) in [4.78, 5) is 0. The highest BCUT2D eigenvalue weighted by Crippen LogP contribution is 2.47. The quantitative estimate of drug-likeness (QED) is 0.176. The van der Waals surface area contributed by atoms with E-state index < -0.39 is 0 Å². The van der Waals surface area contributed by atoms with Crippen molar-refractivity contribution in [2.75, 3.05) is 0 Å². The highest BCUT2D eigenvalue weighted by molar-refractivity contribution is 6.15. The third kappa shape index (κ3) is 4.40. The third-order valence-electron chi connectivity index (χ3n) is 12.2. The molecule has 4 heterocycles. The van der Waals surface area contributed by atoms with Crippen LogP contribution in [0.15, 0.2) is 200 Å². The standard InChI is InChI=1S/C54H33N3O/c1-2-12-34(13-3-1)36-24-28-49-43(30-36)44-33-39(56-46-17-7-4-14-40(46)41-15-5-8-18-47(41)56)27-29-50(44)55(49)38-25-22-35(23-26-38)37-31-45-42-16-6-9-19-48(42)57-51-20-10-11-21-52(51)58-53(32-37)54(45)57/h1-33H. The predicted octanol–water partition coefficient (Wildman–Crippen LogP) is 14.4. The van der Waals surface area contributed by atoms with E-state index >= 15 is 0 Å². The van der Waals surface area contributed by atoms with Crippen LogP contribution in [-0.4, -0.2) is 13.7 Å². The van der Waals surface area contributed by atoms with Gasteiger partial charge in [0.25, 0.3) is 0 Å². The van der Waals surface area contributed by atoms with Crippen molar-refractivity contribution in [3.05, 3.63) is 200 Å². The topological polar surface area (TPSA) is 24.0 Å². The average molecular weight is 740 g/mol. The van der Waals surface area contributed by atoms with E-state index in [0.29, 0.717) is 0 Å². The minimum atomic E-state index is 0.869. The van der Waals surface area contributed by atoms with Crippen molar-refractivity contribution in [3.63, 3.8) is 0 Å². The summed E-state index contributed by atoms with van der Waals surface area (Å²) in [5, 5.41) is 7.38. The molecule has 0 saturated carbocycles. The smallest absolute Gasteiger partial charge is 0.152 e. The molecule has 0 N–H and O–H groups in total. The van der Waals surface area contributed by atoms with Gasteiger partial charge in [-0.15, -0.1) is 0 Å². The Morgan fingerprint density at radius 3 is 1.52 bits per heavy atom. The molecule has 4 heteroatoms. The van der Waals surface area contributed by atoms with Crippen LogP contribution in [0.25, 0.3) is 105 Å². The second-order valence-electron chi connectivity index (χ2n) is 15.3. The largest absolute Gasteiger partial charge is 0.453 e. The summed E-state index contributed by atoms with van der Waals surface area (Å²) in [7, 11) is 0. The number of nitrogens with zero attached hydrogens (tertiary/aromatic N) is 3. The van der Waals surface area contributed by atoms with Crippen molar-refractivity contribution in [3.8, 4) is 50.8 Å². The SMILES string of the molecule is c1ccc(-c2ccc3c(c2)c2cc(-n4c5ccccc5c5ccccc54)ccc2n3-c2ccc(-c3cc4c5c(c3)c3ccccc3n5-c3ccccc3O4)cc2)cc1. The predicted molar refractivity (Wildman–Crippen MR) is 240 cm³/mol. The van der Waals surface area contributed by atoms with Gasteiger partial charge in [-0.2, -0.15) is 0 Å². The first-order valence-electron chi connectivity index (χ1n) is 19.8. The molecule has 4 nitrogen and oxygen atoms in total. The fourth-order valence-electron chi connectivity index (χ4n) is 9.64. The van der Waals surface area contributed by atoms with Crippen molar-refractivity contribution >= 4 is 65.4 Å². The first-order chi connectivity index (χ1) is 28.8. The molecule has 3 aromatic heterocycles. The summed E-state index contributed by atoms with van der Waals surface area (Å²) in [6.07, 6.45) is 0. The second kappa shape index (κ2) is 11.8. The summed E-state index contributed by atoms with van der Waals surface area (Å²) < 4.78 is 13.8. The Morgan fingerprint density at radius 2 is 0.776 bits per heavy atom. The Morgan fingerprint density at radius 1 is 0.276 bits per heavy atom. The van der Waals surface area contributed by atoms with Crippen LogP contribution >= 0.6 is 0 Å². The Balaban J connectivity index is 0.992. The molecule has 58 heavy (non-hydrogen) atoms. The second-order valence-corrected chi connectivity index (χ2v) is 15.3. The molecule has 9 aromatic carbocycles. The highest BCUT2D eigenvalue weighted by atomic mass is 16.5. The molecule has 1 aliphatic rings. The maximum Gasteiger partial charge on any atom is 0.152 e. The van der Waals surface area contributed by atoms with E-state index in [0.717, 1.165) is 45.2 Å². The third-order valence-corrected chi connectivity index (χ3v) is 12.2. The van der Waals surface area contributed by atoms with Gasteiger partial charge in [0.05, 0.1) is 38.8 Å². The number of hydrogen-bond donors (Lipinski definition) is 0.